The fourth-order valence-electron chi connectivity index (χ4n) is 3.67. The van der Waals surface area contributed by atoms with Crippen molar-refractivity contribution in [1.29, 1.82) is 0 Å². The van der Waals surface area contributed by atoms with Gasteiger partial charge in [0.25, 0.3) is 0 Å². The van der Waals surface area contributed by atoms with Gasteiger partial charge in [0.15, 0.2) is 0 Å². The van der Waals surface area contributed by atoms with Gasteiger partial charge < -0.3 is 9.80 Å². The molecule has 0 saturated carbocycles. The first-order chi connectivity index (χ1) is 9.65. The van der Waals surface area contributed by atoms with Crippen LogP contribution < -0.4 is 0 Å². The van der Waals surface area contributed by atoms with Crippen molar-refractivity contribution in [3.05, 3.63) is 16.1 Å². The lowest BCUT2D eigenvalue weighted by molar-refractivity contribution is -0.132. The molecule has 1 amide bonds. The zero-order valence-corrected chi connectivity index (χ0v) is 13.2. The molecule has 2 fully saturated rings. The summed E-state index contributed by atoms with van der Waals surface area (Å²) in [5.41, 5.74) is 0.933. The first-order valence-electron chi connectivity index (χ1n) is 7.56. The molecular weight excluding hydrogens is 270 g/mol. The molecule has 1 aromatic heterocycles. The Hall–Kier alpha value is -0.940. The van der Waals surface area contributed by atoms with Gasteiger partial charge in [-0.2, -0.15) is 0 Å². The number of carbonyl (C=O) groups is 1. The van der Waals surface area contributed by atoms with Gasteiger partial charge in [0.05, 0.1) is 17.1 Å². The molecule has 0 radical (unpaired) electrons. The van der Waals surface area contributed by atoms with Gasteiger partial charge in [-0.1, -0.05) is 0 Å². The number of likely N-dealkylation sites (tertiary alicyclic amines) is 2. The van der Waals surface area contributed by atoms with Gasteiger partial charge in [-0.15, -0.1) is 11.3 Å². The van der Waals surface area contributed by atoms with Gasteiger partial charge in [0.1, 0.15) is 0 Å². The number of carbonyl (C=O) groups excluding carboxylic acids is 1. The fourth-order valence-corrected chi connectivity index (χ4v) is 4.28. The third-order valence-electron chi connectivity index (χ3n) is 4.64. The minimum Gasteiger partial charge on any atom is -0.338 e. The fraction of sp³-hybridized carbons (Fsp3) is 0.733. The maximum Gasteiger partial charge on any atom is 0.228 e. The quantitative estimate of drug-likeness (QED) is 0.856. The third kappa shape index (κ3) is 2.74. The van der Waals surface area contributed by atoms with E-state index in [1.165, 1.54) is 19.4 Å². The topological polar surface area (TPSA) is 36.4 Å². The van der Waals surface area contributed by atoms with E-state index in [9.17, 15) is 4.79 Å². The maximum absolute atomic E-state index is 12.6. The Balaban J connectivity index is 1.67. The Morgan fingerprint density at radius 1 is 1.35 bits per heavy atom. The Morgan fingerprint density at radius 3 is 2.75 bits per heavy atom. The molecule has 5 heteroatoms. The lowest BCUT2D eigenvalue weighted by Crippen LogP contribution is -2.47. The molecule has 2 atom stereocenters. The molecule has 2 saturated heterocycles. The highest BCUT2D eigenvalue weighted by Gasteiger charge is 2.38. The summed E-state index contributed by atoms with van der Waals surface area (Å²) >= 11 is 1.63. The van der Waals surface area contributed by atoms with E-state index in [2.05, 4.69) is 21.8 Å². The maximum atomic E-state index is 12.6. The van der Waals surface area contributed by atoms with Gasteiger partial charge >= 0.3 is 0 Å². The molecule has 1 aromatic rings. The number of thiazole rings is 1. The second-order valence-electron chi connectivity index (χ2n) is 6.02. The highest BCUT2D eigenvalue weighted by Crippen LogP contribution is 2.29. The van der Waals surface area contributed by atoms with E-state index in [1.54, 1.807) is 11.3 Å². The average molecular weight is 293 g/mol. The van der Waals surface area contributed by atoms with Gasteiger partial charge in [0, 0.05) is 24.0 Å². The van der Waals surface area contributed by atoms with E-state index in [-0.39, 0.29) is 5.91 Å². The van der Waals surface area contributed by atoms with E-state index in [0.717, 1.165) is 30.1 Å². The second kappa shape index (κ2) is 5.82. The smallest absolute Gasteiger partial charge is 0.228 e. The van der Waals surface area contributed by atoms with Crippen LogP contribution >= 0.6 is 11.3 Å². The number of hydrogen-bond donors (Lipinski definition) is 0. The molecule has 4 nitrogen and oxygen atoms in total. The first-order valence-corrected chi connectivity index (χ1v) is 8.44. The molecule has 3 rings (SSSR count). The average Bonchev–Trinajstić information content (AvgIpc) is 3.10. The Kier molecular flexibility index (Phi) is 4.08. The van der Waals surface area contributed by atoms with Crippen molar-refractivity contribution in [2.45, 2.75) is 51.1 Å². The predicted molar refractivity (Wildman–Crippen MR) is 80.9 cm³/mol. The monoisotopic (exact) mass is 293 g/mol. The zero-order chi connectivity index (χ0) is 14.1. The third-order valence-corrected chi connectivity index (χ3v) is 5.46. The number of nitrogens with zero attached hydrogens (tertiary/aromatic N) is 3. The lowest BCUT2D eigenvalue weighted by Gasteiger charge is -2.33. The Morgan fingerprint density at radius 2 is 2.10 bits per heavy atom. The lowest BCUT2D eigenvalue weighted by atomic mass is 10.0. The summed E-state index contributed by atoms with van der Waals surface area (Å²) in [5, 5.41) is 3.06. The van der Waals surface area contributed by atoms with Crippen LogP contribution in [0.15, 0.2) is 5.38 Å². The van der Waals surface area contributed by atoms with E-state index in [4.69, 9.17) is 0 Å². The largest absolute Gasteiger partial charge is 0.338 e. The summed E-state index contributed by atoms with van der Waals surface area (Å²) < 4.78 is 0. The summed E-state index contributed by atoms with van der Waals surface area (Å²) in [6.07, 6.45) is 5.29. The molecule has 3 heterocycles. The summed E-state index contributed by atoms with van der Waals surface area (Å²) in [5.74, 6) is 0.262. The van der Waals surface area contributed by atoms with Crippen molar-refractivity contribution >= 4 is 17.2 Å². The molecule has 0 bridgehead atoms. The van der Waals surface area contributed by atoms with Crippen molar-refractivity contribution in [3.63, 3.8) is 0 Å². The van der Waals surface area contributed by atoms with Gasteiger partial charge in [-0.3, -0.25) is 4.79 Å². The first kappa shape index (κ1) is 14.0. The molecule has 0 spiro atoms. The standard InChI is InChI=1S/C15H23N3OS/c1-11-16-12(10-20-11)9-15(19)18-8-4-6-14(18)13-5-3-7-17(13)2/h10,13-14H,3-9H2,1-2H3/t13-,14+/m0/s1. The Labute approximate surface area is 124 Å². The van der Waals surface area contributed by atoms with E-state index in [0.29, 0.717) is 18.5 Å². The van der Waals surface area contributed by atoms with Crippen molar-refractivity contribution in [3.8, 4) is 0 Å². The summed E-state index contributed by atoms with van der Waals surface area (Å²) in [4.78, 5) is 21.5. The van der Waals surface area contributed by atoms with Crippen molar-refractivity contribution < 1.29 is 4.79 Å². The van der Waals surface area contributed by atoms with Crippen LogP contribution in [0.3, 0.4) is 0 Å². The van der Waals surface area contributed by atoms with Crippen LogP contribution in [0.5, 0.6) is 0 Å². The summed E-state index contributed by atoms with van der Waals surface area (Å²) in [6, 6.07) is 0.994. The minimum atomic E-state index is 0.262. The molecule has 2 aliphatic heterocycles. The van der Waals surface area contributed by atoms with Crippen LogP contribution in [0.25, 0.3) is 0 Å². The van der Waals surface area contributed by atoms with E-state index >= 15 is 0 Å². The van der Waals surface area contributed by atoms with Crippen molar-refractivity contribution in [1.82, 2.24) is 14.8 Å². The summed E-state index contributed by atoms with van der Waals surface area (Å²) in [6.45, 7) is 4.09. The number of hydrogen-bond acceptors (Lipinski definition) is 4. The van der Waals surface area contributed by atoms with Crippen LogP contribution in [-0.4, -0.2) is 52.9 Å². The molecule has 0 unspecified atom stereocenters. The molecule has 20 heavy (non-hydrogen) atoms. The van der Waals surface area contributed by atoms with Crippen LogP contribution in [0.4, 0.5) is 0 Å². The normalized spacial score (nSPS) is 27.4. The van der Waals surface area contributed by atoms with E-state index < -0.39 is 0 Å². The van der Waals surface area contributed by atoms with Crippen LogP contribution in [0.1, 0.15) is 36.4 Å². The summed E-state index contributed by atoms with van der Waals surface area (Å²) in [7, 11) is 2.20. The molecule has 2 aliphatic rings. The second-order valence-corrected chi connectivity index (χ2v) is 7.08. The van der Waals surface area contributed by atoms with Crippen molar-refractivity contribution in [2.75, 3.05) is 20.1 Å². The number of amides is 1. The number of likely N-dealkylation sites (N-methyl/N-ethyl adjacent to an activating group) is 1. The number of aryl methyl sites for hydroxylation is 1. The van der Waals surface area contributed by atoms with Gasteiger partial charge in [0.2, 0.25) is 5.91 Å². The van der Waals surface area contributed by atoms with Crippen molar-refractivity contribution in [2.24, 2.45) is 0 Å². The molecule has 0 aliphatic carbocycles. The molecule has 0 aromatic carbocycles. The van der Waals surface area contributed by atoms with Crippen LogP contribution in [0, 0.1) is 6.92 Å². The van der Waals surface area contributed by atoms with Gasteiger partial charge in [-0.25, -0.2) is 4.98 Å². The molecular formula is C15H23N3OS. The minimum absolute atomic E-state index is 0.262. The zero-order valence-electron chi connectivity index (χ0n) is 12.3. The highest BCUT2D eigenvalue weighted by molar-refractivity contribution is 7.09. The van der Waals surface area contributed by atoms with E-state index in [1.807, 2.05) is 12.3 Å². The molecule has 110 valence electrons. The Bertz CT molecular complexity index is 487. The predicted octanol–water partition coefficient (Wildman–Crippen LogP) is 2.08. The van der Waals surface area contributed by atoms with Gasteiger partial charge in [-0.05, 0) is 46.2 Å². The van der Waals surface area contributed by atoms with Crippen LogP contribution in [-0.2, 0) is 11.2 Å². The highest BCUT2D eigenvalue weighted by atomic mass is 32.1. The molecule has 0 N–H and O–H groups in total. The van der Waals surface area contributed by atoms with Crippen LogP contribution in [0.2, 0.25) is 0 Å². The number of aromatic nitrogens is 1. The number of rotatable bonds is 3. The SMILES string of the molecule is Cc1nc(CC(=O)N2CCC[C@@H]2[C@@H]2CCCN2C)cs1.